The van der Waals surface area contributed by atoms with E-state index >= 15 is 0 Å². The minimum absolute atomic E-state index is 0.125. The number of hydrogen-bond donors (Lipinski definition) is 2. The third-order valence-electron chi connectivity index (χ3n) is 4.82. The number of nitrogens with one attached hydrogen (secondary N) is 2. The fourth-order valence-corrected chi connectivity index (χ4v) is 3.22. The van der Waals surface area contributed by atoms with Gasteiger partial charge in [-0.25, -0.2) is 9.78 Å². The van der Waals surface area contributed by atoms with Gasteiger partial charge in [0.2, 0.25) is 5.95 Å². The van der Waals surface area contributed by atoms with Gasteiger partial charge in [0, 0.05) is 32.1 Å². The summed E-state index contributed by atoms with van der Waals surface area (Å²) in [4.78, 5) is 31.7. The molecule has 1 aliphatic heterocycles. The van der Waals surface area contributed by atoms with Crippen molar-refractivity contribution in [2.75, 3.05) is 19.0 Å². The Morgan fingerprint density at radius 1 is 1.24 bits per heavy atom. The van der Waals surface area contributed by atoms with Crippen LogP contribution >= 0.6 is 0 Å². The van der Waals surface area contributed by atoms with E-state index in [0.717, 1.165) is 17.0 Å². The molecule has 0 radical (unpaired) electrons. The molecule has 3 rings (SSSR count). The van der Waals surface area contributed by atoms with Crippen molar-refractivity contribution in [2.24, 2.45) is 7.05 Å². The number of benzene rings is 1. The van der Waals surface area contributed by atoms with Crippen molar-refractivity contribution in [3.05, 3.63) is 51.4 Å². The Hall–Kier alpha value is -3.03. The lowest BCUT2D eigenvalue weighted by molar-refractivity contribution is 0.182. The van der Waals surface area contributed by atoms with Crippen LogP contribution in [0.2, 0.25) is 0 Å². The van der Waals surface area contributed by atoms with Crippen molar-refractivity contribution >= 4 is 12.0 Å². The first-order valence-electron chi connectivity index (χ1n) is 9.70. The molecule has 0 spiro atoms. The molecular weight excluding hydrogens is 370 g/mol. The lowest BCUT2D eigenvalue weighted by Crippen LogP contribution is -2.51. The molecule has 0 bridgehead atoms. The van der Waals surface area contributed by atoms with Crippen LogP contribution in [-0.2, 0) is 26.6 Å². The van der Waals surface area contributed by atoms with Gasteiger partial charge in [-0.15, -0.1) is 0 Å². The highest BCUT2D eigenvalue weighted by Crippen LogP contribution is 2.18. The largest absolute Gasteiger partial charge is 0.497 e. The van der Waals surface area contributed by atoms with Gasteiger partial charge in [-0.3, -0.25) is 9.36 Å². The maximum Gasteiger partial charge on any atom is 0.318 e. The van der Waals surface area contributed by atoms with Crippen LogP contribution in [0.4, 0.5) is 10.7 Å². The summed E-state index contributed by atoms with van der Waals surface area (Å²) >= 11 is 0. The number of aromatic nitrogens is 2. The molecule has 1 aliphatic rings. The Bertz CT molecular complexity index is 945. The van der Waals surface area contributed by atoms with E-state index in [1.54, 1.807) is 19.1 Å². The zero-order chi connectivity index (χ0) is 21.2. The number of nitrogens with zero attached hydrogens (tertiary/aromatic N) is 3. The maximum atomic E-state index is 12.9. The first-order valence-corrected chi connectivity index (χ1v) is 9.70. The number of rotatable bonds is 4. The van der Waals surface area contributed by atoms with Crippen molar-refractivity contribution in [3.8, 4) is 5.75 Å². The number of methoxy groups -OCH3 is 1. The van der Waals surface area contributed by atoms with E-state index in [2.05, 4.69) is 15.6 Å². The summed E-state index contributed by atoms with van der Waals surface area (Å²) in [6, 6.07) is 7.57. The van der Waals surface area contributed by atoms with Crippen LogP contribution in [0.15, 0.2) is 29.1 Å². The van der Waals surface area contributed by atoms with Crippen molar-refractivity contribution < 1.29 is 9.53 Å². The molecule has 29 heavy (non-hydrogen) atoms. The molecule has 1 aromatic heterocycles. The summed E-state index contributed by atoms with van der Waals surface area (Å²) in [5.74, 6) is 1.32. The van der Waals surface area contributed by atoms with Crippen LogP contribution in [0.1, 0.15) is 37.6 Å². The third kappa shape index (κ3) is 4.88. The van der Waals surface area contributed by atoms with Gasteiger partial charge in [-0.2, -0.15) is 0 Å². The summed E-state index contributed by atoms with van der Waals surface area (Å²) in [5.41, 5.74) is 1.95. The Morgan fingerprint density at radius 3 is 2.55 bits per heavy atom. The minimum Gasteiger partial charge on any atom is -0.497 e. The number of urea groups is 1. The van der Waals surface area contributed by atoms with E-state index in [0.29, 0.717) is 31.0 Å². The number of amides is 2. The lowest BCUT2D eigenvalue weighted by Gasteiger charge is -2.31. The van der Waals surface area contributed by atoms with E-state index in [1.165, 1.54) is 4.57 Å². The summed E-state index contributed by atoms with van der Waals surface area (Å²) in [7, 11) is 3.33. The Morgan fingerprint density at radius 2 is 1.93 bits per heavy atom. The zero-order valence-electron chi connectivity index (χ0n) is 17.7. The molecule has 0 atom stereocenters. The van der Waals surface area contributed by atoms with Crippen molar-refractivity contribution in [1.29, 1.82) is 0 Å². The Labute approximate surface area is 170 Å². The second kappa shape index (κ2) is 8.14. The molecule has 2 heterocycles. The second-order valence-corrected chi connectivity index (χ2v) is 8.28. The molecule has 2 aromatic rings. The highest BCUT2D eigenvalue weighted by Gasteiger charge is 2.27. The van der Waals surface area contributed by atoms with E-state index < -0.39 is 0 Å². The lowest BCUT2D eigenvalue weighted by atomic mass is 10.1. The first-order chi connectivity index (χ1) is 13.7. The summed E-state index contributed by atoms with van der Waals surface area (Å²) in [6.45, 7) is 7.16. The monoisotopic (exact) mass is 399 g/mol. The molecule has 0 aliphatic carbocycles. The highest BCUT2D eigenvalue weighted by molar-refractivity contribution is 5.75. The topological polar surface area (TPSA) is 88.5 Å². The smallest absolute Gasteiger partial charge is 0.318 e. The first kappa shape index (κ1) is 20.7. The predicted molar refractivity (Wildman–Crippen MR) is 112 cm³/mol. The second-order valence-electron chi connectivity index (χ2n) is 8.28. The molecule has 0 saturated heterocycles. The van der Waals surface area contributed by atoms with Crippen LogP contribution in [-0.4, -0.2) is 39.7 Å². The number of hydrogen-bond acceptors (Lipinski definition) is 5. The number of carbonyl (C=O) groups excluding carboxylic acids is 1. The van der Waals surface area contributed by atoms with Gasteiger partial charge in [-0.05, 0) is 38.5 Å². The quantitative estimate of drug-likeness (QED) is 0.823. The van der Waals surface area contributed by atoms with Crippen LogP contribution in [0, 0.1) is 0 Å². The summed E-state index contributed by atoms with van der Waals surface area (Å²) in [6.07, 6.45) is 0.556. The van der Waals surface area contributed by atoms with Crippen LogP contribution in [0.3, 0.4) is 0 Å². The van der Waals surface area contributed by atoms with Gasteiger partial charge in [-0.1, -0.05) is 12.1 Å². The number of anilines is 1. The summed E-state index contributed by atoms with van der Waals surface area (Å²) in [5, 5.41) is 6.19. The van der Waals surface area contributed by atoms with E-state index in [4.69, 9.17) is 4.74 Å². The number of fused-ring (bicyclic) bond motifs is 1. The van der Waals surface area contributed by atoms with E-state index in [-0.39, 0.29) is 23.7 Å². The average Bonchev–Trinajstić information content (AvgIpc) is 2.68. The van der Waals surface area contributed by atoms with Crippen LogP contribution in [0.25, 0.3) is 0 Å². The van der Waals surface area contributed by atoms with Gasteiger partial charge in [0.05, 0.1) is 24.9 Å². The van der Waals surface area contributed by atoms with Gasteiger partial charge in [0.1, 0.15) is 5.75 Å². The minimum atomic E-state index is -0.324. The fourth-order valence-electron chi connectivity index (χ4n) is 3.22. The molecule has 0 fully saturated rings. The van der Waals surface area contributed by atoms with Crippen LogP contribution in [0.5, 0.6) is 5.75 Å². The number of carbonyl (C=O) groups is 1. The predicted octanol–water partition coefficient (Wildman–Crippen LogP) is 2.27. The molecule has 8 nitrogen and oxygen atoms in total. The maximum absolute atomic E-state index is 12.9. The van der Waals surface area contributed by atoms with E-state index in [1.807, 2.05) is 45.0 Å². The Kier molecular flexibility index (Phi) is 5.81. The molecule has 0 unspecified atom stereocenters. The van der Waals surface area contributed by atoms with Gasteiger partial charge < -0.3 is 20.3 Å². The van der Waals surface area contributed by atoms with Crippen molar-refractivity contribution in [3.63, 3.8) is 0 Å². The number of ether oxygens (including phenoxy) is 1. The average molecular weight is 399 g/mol. The SMILES string of the molecule is COc1ccc(CNc2nc3c(c(=O)n2C)CN(C(=O)NC(C)(C)C)CC3)cc1. The molecule has 1 aromatic carbocycles. The summed E-state index contributed by atoms with van der Waals surface area (Å²) < 4.78 is 6.68. The standard InChI is InChI=1S/C21H29N5O3/c1-21(2,3)24-20(28)26-11-10-17-16(13-26)18(27)25(4)19(23-17)22-12-14-6-8-15(29-5)9-7-14/h6-9H,10-13H2,1-5H3,(H,22,23)(H,24,28). The normalized spacial score (nSPS) is 13.6. The molecular formula is C21H29N5O3. The third-order valence-corrected chi connectivity index (χ3v) is 4.82. The van der Waals surface area contributed by atoms with Crippen molar-refractivity contribution in [1.82, 2.24) is 19.8 Å². The van der Waals surface area contributed by atoms with Crippen molar-refractivity contribution in [2.45, 2.75) is 45.8 Å². The van der Waals surface area contributed by atoms with Gasteiger partial charge >= 0.3 is 6.03 Å². The Balaban J connectivity index is 1.74. The van der Waals surface area contributed by atoms with Gasteiger partial charge in [0.15, 0.2) is 0 Å². The molecule has 0 saturated carbocycles. The molecule has 2 amide bonds. The molecule has 2 N–H and O–H groups in total. The highest BCUT2D eigenvalue weighted by atomic mass is 16.5. The van der Waals surface area contributed by atoms with E-state index in [9.17, 15) is 9.59 Å². The zero-order valence-corrected chi connectivity index (χ0v) is 17.7. The van der Waals surface area contributed by atoms with Gasteiger partial charge in [0.25, 0.3) is 5.56 Å². The van der Waals surface area contributed by atoms with Crippen LogP contribution < -0.4 is 20.9 Å². The molecule has 8 heteroatoms. The fraction of sp³-hybridized carbons (Fsp3) is 0.476. The molecule has 156 valence electrons.